The molecule has 1 saturated heterocycles. The number of hydrogen-bond donors (Lipinski definition) is 0. The lowest BCUT2D eigenvalue weighted by Gasteiger charge is -2.39. The quantitative estimate of drug-likeness (QED) is 0.607. The fourth-order valence-corrected chi connectivity index (χ4v) is 4.16. The van der Waals surface area contributed by atoms with Crippen LogP contribution in [-0.4, -0.2) is 32.1 Å². The molecule has 1 aliphatic heterocycles. The lowest BCUT2D eigenvalue weighted by molar-refractivity contribution is -0.0771. The van der Waals surface area contributed by atoms with Gasteiger partial charge in [0.25, 0.3) is 0 Å². The highest BCUT2D eigenvalue weighted by Gasteiger charge is 2.34. The molecule has 0 bridgehead atoms. The Labute approximate surface area is 163 Å². The molecular formula is C24H31NO2. The van der Waals surface area contributed by atoms with Crippen LogP contribution in [-0.2, 0) is 4.74 Å². The van der Waals surface area contributed by atoms with E-state index in [2.05, 4.69) is 44.2 Å². The summed E-state index contributed by atoms with van der Waals surface area (Å²) in [5.41, 5.74) is 2.40. The van der Waals surface area contributed by atoms with E-state index in [1.807, 2.05) is 30.5 Å². The van der Waals surface area contributed by atoms with Gasteiger partial charge in [-0.1, -0.05) is 48.5 Å². The van der Waals surface area contributed by atoms with Crippen LogP contribution in [0.2, 0.25) is 0 Å². The molecule has 0 N–H and O–H groups in total. The van der Waals surface area contributed by atoms with Crippen molar-refractivity contribution >= 4 is 6.21 Å². The van der Waals surface area contributed by atoms with E-state index in [9.17, 15) is 0 Å². The van der Waals surface area contributed by atoms with Gasteiger partial charge < -0.3 is 9.47 Å². The molecule has 0 radical (unpaired) electrons. The van der Waals surface area contributed by atoms with Crippen molar-refractivity contribution in [3.05, 3.63) is 65.7 Å². The Bertz CT molecular complexity index is 739. The zero-order valence-corrected chi connectivity index (χ0v) is 16.7. The summed E-state index contributed by atoms with van der Waals surface area (Å²) in [6, 6.07) is 18.7. The Morgan fingerprint density at radius 3 is 2.63 bits per heavy atom. The molecule has 0 aliphatic carbocycles. The molecule has 1 fully saturated rings. The van der Waals surface area contributed by atoms with Gasteiger partial charge in [-0.3, -0.25) is 4.99 Å². The first-order valence-electron chi connectivity index (χ1n) is 9.91. The average Bonchev–Trinajstić information content (AvgIpc) is 2.68. The van der Waals surface area contributed by atoms with Gasteiger partial charge >= 0.3 is 0 Å². The second-order valence-electron chi connectivity index (χ2n) is 7.94. The Balaban J connectivity index is 1.76. The largest absolute Gasteiger partial charge is 0.496 e. The first-order valence-corrected chi connectivity index (χ1v) is 9.91. The van der Waals surface area contributed by atoms with Crippen LogP contribution in [0.5, 0.6) is 5.75 Å². The van der Waals surface area contributed by atoms with Gasteiger partial charge in [0.05, 0.1) is 12.7 Å². The summed E-state index contributed by atoms with van der Waals surface area (Å²) >= 11 is 0. The zero-order valence-electron chi connectivity index (χ0n) is 16.7. The molecule has 3 heteroatoms. The summed E-state index contributed by atoms with van der Waals surface area (Å²) in [6.07, 6.45) is 5.16. The van der Waals surface area contributed by atoms with Crippen LogP contribution >= 0.6 is 0 Å². The number of aliphatic imine (C=N–C) groups is 1. The minimum Gasteiger partial charge on any atom is -0.496 e. The van der Waals surface area contributed by atoms with Crippen LogP contribution in [0, 0.1) is 5.92 Å². The molecule has 0 aromatic heterocycles. The van der Waals surface area contributed by atoms with Crippen LogP contribution < -0.4 is 4.74 Å². The van der Waals surface area contributed by atoms with Crippen LogP contribution in [0.3, 0.4) is 0 Å². The normalized spacial score (nSPS) is 20.5. The summed E-state index contributed by atoms with van der Waals surface area (Å²) in [5.74, 6) is 1.99. The van der Waals surface area contributed by atoms with Crippen molar-refractivity contribution < 1.29 is 9.47 Å². The maximum Gasteiger partial charge on any atom is 0.122 e. The molecule has 144 valence electrons. The molecular weight excluding hydrogens is 334 g/mol. The standard InChI is InChI=1S/C24H31NO2/c1-24(2)17-20(14-16-27-24)21(22-11-7-8-12-23(22)26-3)13-15-25-18-19-9-5-4-6-10-19/h4-12,18,20-21H,13-17H2,1-3H3/t20-,21+/m1/s1. The summed E-state index contributed by atoms with van der Waals surface area (Å²) in [6.45, 7) is 6.05. The van der Waals surface area contributed by atoms with Gasteiger partial charge in [0, 0.05) is 19.4 Å². The minimum absolute atomic E-state index is 0.0590. The van der Waals surface area contributed by atoms with Gasteiger partial charge in [-0.25, -0.2) is 0 Å². The summed E-state index contributed by atoms with van der Waals surface area (Å²) in [4.78, 5) is 4.70. The van der Waals surface area contributed by atoms with Crippen molar-refractivity contribution in [2.24, 2.45) is 10.9 Å². The lowest BCUT2D eigenvalue weighted by atomic mass is 9.75. The maximum absolute atomic E-state index is 5.96. The summed E-state index contributed by atoms with van der Waals surface area (Å²) in [5, 5.41) is 0. The van der Waals surface area contributed by atoms with Crippen LogP contribution in [0.15, 0.2) is 59.6 Å². The Morgan fingerprint density at radius 1 is 1.15 bits per heavy atom. The molecule has 27 heavy (non-hydrogen) atoms. The van der Waals surface area contributed by atoms with Gasteiger partial charge in [0.1, 0.15) is 5.75 Å². The third-order valence-electron chi connectivity index (χ3n) is 5.45. The Hall–Kier alpha value is -2.13. The van der Waals surface area contributed by atoms with Crippen LogP contribution in [0.25, 0.3) is 0 Å². The van der Waals surface area contributed by atoms with E-state index in [0.29, 0.717) is 11.8 Å². The number of benzene rings is 2. The molecule has 3 rings (SSSR count). The van der Waals surface area contributed by atoms with E-state index in [0.717, 1.165) is 43.7 Å². The first kappa shape index (κ1) is 19.6. The number of rotatable bonds is 7. The van der Waals surface area contributed by atoms with Crippen LogP contribution in [0.4, 0.5) is 0 Å². The smallest absolute Gasteiger partial charge is 0.122 e. The third kappa shape index (κ3) is 5.43. The predicted molar refractivity (Wildman–Crippen MR) is 112 cm³/mol. The van der Waals surface area contributed by atoms with E-state index in [1.54, 1.807) is 7.11 Å². The third-order valence-corrected chi connectivity index (χ3v) is 5.45. The number of para-hydroxylation sites is 1. The van der Waals surface area contributed by atoms with E-state index >= 15 is 0 Å². The molecule has 0 unspecified atom stereocenters. The van der Waals surface area contributed by atoms with Crippen molar-refractivity contribution in [2.45, 2.75) is 44.6 Å². The van der Waals surface area contributed by atoms with E-state index in [1.165, 1.54) is 5.56 Å². The molecule has 3 nitrogen and oxygen atoms in total. The Kier molecular flexibility index (Phi) is 6.68. The number of methoxy groups -OCH3 is 1. The van der Waals surface area contributed by atoms with Crippen molar-refractivity contribution in [2.75, 3.05) is 20.3 Å². The average molecular weight is 366 g/mol. The topological polar surface area (TPSA) is 30.8 Å². The molecule has 0 spiro atoms. The molecule has 2 atom stereocenters. The molecule has 0 saturated carbocycles. The second kappa shape index (κ2) is 9.18. The Morgan fingerprint density at radius 2 is 1.89 bits per heavy atom. The highest BCUT2D eigenvalue weighted by molar-refractivity contribution is 5.79. The first-order chi connectivity index (χ1) is 13.1. The highest BCUT2D eigenvalue weighted by Crippen LogP contribution is 2.42. The van der Waals surface area contributed by atoms with Crippen molar-refractivity contribution in [1.82, 2.24) is 0 Å². The SMILES string of the molecule is COc1ccccc1[C@@H](CCN=Cc1ccccc1)[C@@H]1CCOC(C)(C)C1. The highest BCUT2D eigenvalue weighted by atomic mass is 16.5. The van der Waals surface area contributed by atoms with Gasteiger partial charge in [0.2, 0.25) is 0 Å². The van der Waals surface area contributed by atoms with Crippen molar-refractivity contribution in [3.8, 4) is 5.75 Å². The summed E-state index contributed by atoms with van der Waals surface area (Å²) in [7, 11) is 1.76. The molecule has 2 aromatic carbocycles. The summed E-state index contributed by atoms with van der Waals surface area (Å²) < 4.78 is 11.6. The van der Waals surface area contributed by atoms with E-state index < -0.39 is 0 Å². The molecule has 1 aliphatic rings. The van der Waals surface area contributed by atoms with Crippen LogP contribution in [0.1, 0.15) is 50.2 Å². The van der Waals surface area contributed by atoms with Gasteiger partial charge in [-0.15, -0.1) is 0 Å². The monoisotopic (exact) mass is 365 g/mol. The van der Waals surface area contributed by atoms with E-state index in [-0.39, 0.29) is 5.60 Å². The second-order valence-corrected chi connectivity index (χ2v) is 7.94. The van der Waals surface area contributed by atoms with Gasteiger partial charge in [-0.2, -0.15) is 0 Å². The molecule has 1 heterocycles. The number of hydrogen-bond acceptors (Lipinski definition) is 3. The zero-order chi connectivity index (χ0) is 19.1. The number of nitrogens with zero attached hydrogens (tertiary/aromatic N) is 1. The predicted octanol–water partition coefficient (Wildman–Crippen LogP) is 5.49. The number of ether oxygens (including phenoxy) is 2. The molecule has 2 aromatic rings. The lowest BCUT2D eigenvalue weighted by Crippen LogP contribution is -2.36. The fourth-order valence-electron chi connectivity index (χ4n) is 4.16. The van der Waals surface area contributed by atoms with E-state index in [4.69, 9.17) is 14.5 Å². The fraction of sp³-hybridized carbons (Fsp3) is 0.458. The molecule has 0 amide bonds. The maximum atomic E-state index is 5.96. The van der Waals surface area contributed by atoms with Gasteiger partial charge in [-0.05, 0) is 62.1 Å². The van der Waals surface area contributed by atoms with Gasteiger partial charge in [0.15, 0.2) is 0 Å². The minimum atomic E-state index is -0.0590. The van der Waals surface area contributed by atoms with Crippen molar-refractivity contribution in [1.29, 1.82) is 0 Å². The van der Waals surface area contributed by atoms with Crippen molar-refractivity contribution in [3.63, 3.8) is 0 Å².